The maximum atomic E-state index is 10.1. The van der Waals surface area contributed by atoms with Gasteiger partial charge in [-0.1, -0.05) is 13.0 Å². The highest BCUT2D eigenvalue weighted by molar-refractivity contribution is 5.85. The first-order valence-electron chi connectivity index (χ1n) is 7.21. The zero-order valence-electron chi connectivity index (χ0n) is 12.2. The Morgan fingerprint density at radius 2 is 2.29 bits per heavy atom. The molecular formula is C16H21N3O2. The monoisotopic (exact) mass is 287 g/mol. The number of aliphatic hydroxyl groups is 1. The summed E-state index contributed by atoms with van der Waals surface area (Å²) in [6.45, 7) is 4.27. The molecule has 1 aromatic heterocycles. The minimum Gasteiger partial charge on any atom is -0.490 e. The van der Waals surface area contributed by atoms with E-state index < -0.39 is 6.10 Å². The Hall–Kier alpha value is -2.03. The first kappa shape index (κ1) is 15.4. The van der Waals surface area contributed by atoms with Crippen LogP contribution in [-0.2, 0) is 0 Å². The second-order valence-corrected chi connectivity index (χ2v) is 4.96. The van der Waals surface area contributed by atoms with Crippen molar-refractivity contribution in [1.82, 2.24) is 9.88 Å². The molecule has 0 radical (unpaired) electrons. The largest absolute Gasteiger partial charge is 0.490 e. The van der Waals surface area contributed by atoms with E-state index in [-0.39, 0.29) is 6.61 Å². The number of benzene rings is 1. The number of hydrogen-bond acceptors (Lipinski definition) is 4. The van der Waals surface area contributed by atoms with Crippen LogP contribution in [0.4, 0.5) is 0 Å². The number of aliphatic hydroxyl groups excluding tert-OH is 1. The zero-order valence-corrected chi connectivity index (χ0v) is 12.2. The van der Waals surface area contributed by atoms with Gasteiger partial charge in [-0.25, -0.2) is 0 Å². The third-order valence-electron chi connectivity index (χ3n) is 3.44. The normalized spacial score (nSPS) is 12.5. The van der Waals surface area contributed by atoms with Crippen LogP contribution in [0.25, 0.3) is 10.9 Å². The predicted octanol–water partition coefficient (Wildman–Crippen LogP) is 2.14. The summed E-state index contributed by atoms with van der Waals surface area (Å²) in [4.78, 5) is 5.18. The molecule has 0 aliphatic rings. The van der Waals surface area contributed by atoms with Crippen molar-refractivity contribution in [3.63, 3.8) is 0 Å². The molecule has 0 aliphatic carbocycles. The standard InChI is InChI=1S/C16H21N3O2/c1-2-19(10-4-8-17)11-13(20)12-21-16-6-3-5-15-14(16)7-9-18-15/h3,5-7,9,13,18,20H,2,4,10-12H2,1H3. The highest BCUT2D eigenvalue weighted by atomic mass is 16.5. The van der Waals surface area contributed by atoms with Gasteiger partial charge in [-0.05, 0) is 24.7 Å². The molecular weight excluding hydrogens is 266 g/mol. The van der Waals surface area contributed by atoms with E-state index in [0.29, 0.717) is 19.5 Å². The molecule has 1 aromatic carbocycles. The van der Waals surface area contributed by atoms with E-state index in [1.165, 1.54) is 0 Å². The Kier molecular flexibility index (Phi) is 5.61. The molecule has 2 aromatic rings. The Balaban J connectivity index is 1.87. The number of ether oxygens (including phenoxy) is 1. The van der Waals surface area contributed by atoms with E-state index in [1.807, 2.05) is 42.3 Å². The quantitative estimate of drug-likeness (QED) is 0.780. The molecule has 5 nitrogen and oxygen atoms in total. The summed E-state index contributed by atoms with van der Waals surface area (Å²) < 4.78 is 5.73. The molecule has 0 saturated heterocycles. The van der Waals surface area contributed by atoms with Crippen LogP contribution in [0.3, 0.4) is 0 Å². The van der Waals surface area contributed by atoms with Gasteiger partial charge in [0.25, 0.3) is 0 Å². The number of fused-ring (bicyclic) bond motifs is 1. The van der Waals surface area contributed by atoms with Gasteiger partial charge in [-0.3, -0.25) is 4.90 Å². The molecule has 0 aliphatic heterocycles. The van der Waals surface area contributed by atoms with Gasteiger partial charge >= 0.3 is 0 Å². The number of likely N-dealkylation sites (N-methyl/N-ethyl adjacent to an activating group) is 1. The van der Waals surface area contributed by atoms with Crippen molar-refractivity contribution in [1.29, 1.82) is 5.26 Å². The number of H-pyrrole nitrogens is 1. The lowest BCUT2D eigenvalue weighted by Crippen LogP contribution is -2.36. The summed E-state index contributed by atoms with van der Waals surface area (Å²) in [7, 11) is 0. The second-order valence-electron chi connectivity index (χ2n) is 4.96. The van der Waals surface area contributed by atoms with Gasteiger partial charge in [0.15, 0.2) is 0 Å². The summed E-state index contributed by atoms with van der Waals surface area (Å²) in [5.74, 6) is 0.771. The summed E-state index contributed by atoms with van der Waals surface area (Å²) in [5, 5.41) is 19.7. The summed E-state index contributed by atoms with van der Waals surface area (Å²) in [5.41, 5.74) is 1.02. The highest BCUT2D eigenvalue weighted by Gasteiger charge is 2.12. The van der Waals surface area contributed by atoms with Crippen LogP contribution < -0.4 is 4.74 Å². The van der Waals surface area contributed by atoms with Crippen molar-refractivity contribution in [3.8, 4) is 11.8 Å². The van der Waals surface area contributed by atoms with E-state index in [9.17, 15) is 5.11 Å². The van der Waals surface area contributed by atoms with Gasteiger partial charge in [-0.15, -0.1) is 0 Å². The third kappa shape index (κ3) is 4.22. The Labute approximate surface area is 124 Å². The number of nitriles is 1. The smallest absolute Gasteiger partial charge is 0.128 e. The first-order valence-corrected chi connectivity index (χ1v) is 7.21. The van der Waals surface area contributed by atoms with Gasteiger partial charge in [0.05, 0.1) is 6.07 Å². The molecule has 1 unspecified atom stereocenters. The van der Waals surface area contributed by atoms with Crippen LogP contribution >= 0.6 is 0 Å². The van der Waals surface area contributed by atoms with Gasteiger partial charge in [-0.2, -0.15) is 5.26 Å². The van der Waals surface area contributed by atoms with Gasteiger partial charge in [0.1, 0.15) is 18.5 Å². The lowest BCUT2D eigenvalue weighted by molar-refractivity contribution is 0.0711. The minimum atomic E-state index is -0.571. The van der Waals surface area contributed by atoms with Crippen LogP contribution in [0.15, 0.2) is 30.5 Å². The second kappa shape index (κ2) is 7.67. The SMILES string of the molecule is CCN(CCC#N)CC(O)COc1cccc2[nH]ccc12. The first-order chi connectivity index (χ1) is 10.2. The summed E-state index contributed by atoms with van der Waals surface area (Å²) in [6.07, 6.45) is 1.77. The molecule has 21 heavy (non-hydrogen) atoms. The number of aromatic nitrogens is 1. The molecule has 0 saturated carbocycles. The molecule has 1 heterocycles. The number of hydrogen-bond donors (Lipinski definition) is 2. The summed E-state index contributed by atoms with van der Waals surface area (Å²) >= 11 is 0. The van der Waals surface area contributed by atoms with Gasteiger partial charge in [0, 0.05) is 36.6 Å². The lowest BCUT2D eigenvalue weighted by atomic mass is 10.2. The fourth-order valence-electron chi connectivity index (χ4n) is 2.31. The van der Waals surface area contributed by atoms with Crippen LogP contribution in [0.2, 0.25) is 0 Å². The van der Waals surface area contributed by atoms with Crippen LogP contribution in [0, 0.1) is 11.3 Å². The lowest BCUT2D eigenvalue weighted by Gasteiger charge is -2.22. The van der Waals surface area contributed by atoms with Crippen molar-refractivity contribution in [2.45, 2.75) is 19.4 Å². The average Bonchev–Trinajstić information content (AvgIpc) is 2.98. The Bertz CT molecular complexity index is 603. The fraction of sp³-hybridized carbons (Fsp3) is 0.438. The number of nitrogens with one attached hydrogen (secondary N) is 1. The average molecular weight is 287 g/mol. The van der Waals surface area contributed by atoms with E-state index >= 15 is 0 Å². The van der Waals surface area contributed by atoms with Crippen LogP contribution in [-0.4, -0.2) is 47.3 Å². The topological polar surface area (TPSA) is 72.3 Å². The van der Waals surface area contributed by atoms with Gasteiger partial charge < -0.3 is 14.8 Å². The molecule has 0 bridgehead atoms. The van der Waals surface area contributed by atoms with Gasteiger partial charge in [0.2, 0.25) is 0 Å². The molecule has 2 rings (SSSR count). The Morgan fingerprint density at radius 3 is 3.05 bits per heavy atom. The molecule has 0 fully saturated rings. The third-order valence-corrected chi connectivity index (χ3v) is 3.44. The molecule has 2 N–H and O–H groups in total. The van der Waals surface area contributed by atoms with Crippen LogP contribution in [0.1, 0.15) is 13.3 Å². The van der Waals surface area contributed by atoms with Crippen LogP contribution in [0.5, 0.6) is 5.75 Å². The number of rotatable bonds is 8. The maximum absolute atomic E-state index is 10.1. The molecule has 0 amide bonds. The Morgan fingerprint density at radius 1 is 1.43 bits per heavy atom. The molecule has 0 spiro atoms. The zero-order chi connectivity index (χ0) is 15.1. The van der Waals surface area contributed by atoms with Crippen molar-refractivity contribution in [2.75, 3.05) is 26.2 Å². The molecule has 112 valence electrons. The summed E-state index contributed by atoms with van der Waals surface area (Å²) in [6, 6.07) is 9.89. The highest BCUT2D eigenvalue weighted by Crippen LogP contribution is 2.24. The van der Waals surface area contributed by atoms with E-state index in [4.69, 9.17) is 10.00 Å². The van der Waals surface area contributed by atoms with Crippen molar-refractivity contribution in [3.05, 3.63) is 30.5 Å². The fourth-order valence-corrected chi connectivity index (χ4v) is 2.31. The van der Waals surface area contributed by atoms with E-state index in [1.54, 1.807) is 0 Å². The maximum Gasteiger partial charge on any atom is 0.128 e. The van der Waals surface area contributed by atoms with Crippen molar-refractivity contribution in [2.24, 2.45) is 0 Å². The molecule has 1 atom stereocenters. The van der Waals surface area contributed by atoms with Crippen molar-refractivity contribution < 1.29 is 9.84 Å². The van der Waals surface area contributed by atoms with E-state index in [2.05, 4.69) is 11.1 Å². The molecule has 5 heteroatoms. The predicted molar refractivity (Wildman–Crippen MR) is 82.1 cm³/mol. The van der Waals surface area contributed by atoms with E-state index in [0.717, 1.165) is 23.2 Å². The minimum absolute atomic E-state index is 0.243. The number of aromatic amines is 1. The number of nitrogens with zero attached hydrogens (tertiary/aromatic N) is 2. The van der Waals surface area contributed by atoms with Crippen molar-refractivity contribution >= 4 is 10.9 Å².